The van der Waals surface area contributed by atoms with Crippen LogP contribution in [0.5, 0.6) is 0 Å². The average molecular weight is 585 g/mol. The maximum absolute atomic E-state index is 15.2. The number of hydrogen-bond donors (Lipinski definition) is 3. The van der Waals surface area contributed by atoms with Crippen LogP contribution in [0.4, 0.5) is 17.6 Å². The van der Waals surface area contributed by atoms with E-state index < -0.39 is 71.4 Å². The summed E-state index contributed by atoms with van der Waals surface area (Å²) < 4.78 is 59.4. The van der Waals surface area contributed by atoms with Crippen LogP contribution in [0.2, 0.25) is 0 Å². The highest BCUT2D eigenvalue weighted by Gasteiger charge is 2.63. The summed E-state index contributed by atoms with van der Waals surface area (Å²) >= 11 is 0. The number of rotatable bonds is 5. The number of amides is 3. The largest absolute Gasteiger partial charge is 0.372 e. The van der Waals surface area contributed by atoms with Crippen LogP contribution in [0.3, 0.4) is 0 Å². The van der Waals surface area contributed by atoms with Gasteiger partial charge in [0.15, 0.2) is 5.60 Å². The Balaban J connectivity index is 1.38. The molecule has 2 aliphatic carbocycles. The minimum Gasteiger partial charge on any atom is -0.372 e. The number of hydrogen-bond acceptors (Lipinski definition) is 5. The van der Waals surface area contributed by atoms with Gasteiger partial charge in [-0.2, -0.15) is 5.26 Å². The van der Waals surface area contributed by atoms with Crippen molar-refractivity contribution in [2.45, 2.75) is 68.2 Å². The zero-order valence-corrected chi connectivity index (χ0v) is 22.4. The van der Waals surface area contributed by atoms with Crippen molar-refractivity contribution in [3.8, 4) is 17.2 Å². The van der Waals surface area contributed by atoms with Crippen LogP contribution in [0.1, 0.15) is 49.7 Å². The van der Waals surface area contributed by atoms with E-state index >= 15 is 8.78 Å². The maximum Gasteiger partial charge on any atom is 0.264 e. The Morgan fingerprint density at radius 3 is 2.31 bits per heavy atom. The second-order valence-electron chi connectivity index (χ2n) is 11.6. The molecule has 0 spiro atoms. The van der Waals surface area contributed by atoms with E-state index in [0.717, 1.165) is 29.2 Å². The summed E-state index contributed by atoms with van der Waals surface area (Å²) in [6.45, 7) is 0.499. The maximum atomic E-state index is 15.2. The number of piperidine rings is 3. The quantitative estimate of drug-likeness (QED) is 0.467. The van der Waals surface area contributed by atoms with Crippen molar-refractivity contribution in [1.29, 1.82) is 5.26 Å². The fourth-order valence-electron chi connectivity index (χ4n) is 7.21. The lowest BCUT2D eigenvalue weighted by Crippen LogP contribution is -2.70. The molecule has 2 aromatic carbocycles. The van der Waals surface area contributed by atoms with Gasteiger partial charge in [-0.3, -0.25) is 14.4 Å². The fraction of sp³-hybridized carbons (Fsp3) is 0.467. The molecule has 12 heteroatoms. The van der Waals surface area contributed by atoms with Crippen molar-refractivity contribution >= 4 is 17.7 Å². The van der Waals surface area contributed by atoms with Crippen LogP contribution in [0.25, 0.3) is 11.1 Å². The van der Waals surface area contributed by atoms with Crippen LogP contribution in [-0.4, -0.2) is 58.3 Å². The molecular formula is C30H28F4N4O4. The number of carbonyl (C=O) groups is 3. The summed E-state index contributed by atoms with van der Waals surface area (Å²) in [5, 5.41) is 27.0. The SMILES string of the molecule is N#C[C@H](C[C@H]1CCCNC1=O)NC(=O)[C@H]1[C@@H]2CC[C@@H](CC2(F)F)N1C(=O)C1(O)c2cc(F)ccc2-c2ccc(F)cc21. The first-order valence-corrected chi connectivity index (χ1v) is 14.0. The molecule has 220 valence electrons. The van der Waals surface area contributed by atoms with Gasteiger partial charge in [-0.1, -0.05) is 12.1 Å². The summed E-state index contributed by atoms with van der Waals surface area (Å²) in [5.74, 6) is -9.48. The summed E-state index contributed by atoms with van der Waals surface area (Å²) in [6.07, 6.45) is 0.432. The Morgan fingerprint density at radius 1 is 1.10 bits per heavy atom. The molecule has 0 aromatic heterocycles. The number of nitrogens with zero attached hydrogens (tertiary/aromatic N) is 2. The second kappa shape index (κ2) is 10.1. The molecule has 7 rings (SSSR count). The molecule has 3 aliphatic heterocycles. The number of fused-ring (bicyclic) bond motifs is 6. The minimum atomic E-state index is -3.32. The molecular weight excluding hydrogens is 556 g/mol. The molecule has 3 saturated heterocycles. The highest BCUT2D eigenvalue weighted by molar-refractivity contribution is 6.01. The monoisotopic (exact) mass is 584 g/mol. The normalized spacial score (nSPS) is 27.3. The summed E-state index contributed by atoms with van der Waals surface area (Å²) in [4.78, 5) is 41.3. The van der Waals surface area contributed by atoms with Crippen molar-refractivity contribution in [1.82, 2.24) is 15.5 Å². The van der Waals surface area contributed by atoms with Gasteiger partial charge in [0.25, 0.3) is 11.8 Å². The van der Waals surface area contributed by atoms with Gasteiger partial charge in [-0.05, 0) is 67.5 Å². The first kappa shape index (κ1) is 28.2. The van der Waals surface area contributed by atoms with Gasteiger partial charge in [0.2, 0.25) is 11.8 Å². The molecule has 5 atom stereocenters. The van der Waals surface area contributed by atoms with E-state index in [1.54, 1.807) is 0 Å². The van der Waals surface area contributed by atoms with E-state index in [4.69, 9.17) is 0 Å². The summed E-state index contributed by atoms with van der Waals surface area (Å²) in [5.41, 5.74) is -2.48. The van der Waals surface area contributed by atoms with Crippen molar-refractivity contribution in [3.63, 3.8) is 0 Å². The molecule has 42 heavy (non-hydrogen) atoms. The standard InChI is InChI=1S/C30H28F4N4O4/c31-16-3-6-20-21-7-4-17(32)12-24(21)30(42,23(20)11-16)28(41)38-19-5-8-22(29(33,34)13-19)25(38)27(40)37-18(14-35)10-15-2-1-9-36-26(15)39/h3-4,6-7,11-12,15,18-19,22,25,42H,1-2,5,8-10,13H2,(H,36,39)(H,37,40)/t15-,18+,19+,22+,25-/m1/s1. The van der Waals surface area contributed by atoms with Crippen LogP contribution < -0.4 is 10.6 Å². The van der Waals surface area contributed by atoms with Gasteiger partial charge in [0, 0.05) is 36.1 Å². The second-order valence-corrected chi connectivity index (χ2v) is 11.6. The Labute approximate surface area is 238 Å². The highest BCUT2D eigenvalue weighted by atomic mass is 19.3. The molecule has 0 radical (unpaired) electrons. The topological polar surface area (TPSA) is 123 Å². The zero-order chi connectivity index (χ0) is 30.0. The van der Waals surface area contributed by atoms with E-state index in [9.17, 15) is 33.5 Å². The number of aliphatic hydroxyl groups is 1. The molecule has 8 nitrogen and oxygen atoms in total. The molecule has 2 aromatic rings. The Morgan fingerprint density at radius 2 is 1.74 bits per heavy atom. The molecule has 2 bridgehead atoms. The smallest absolute Gasteiger partial charge is 0.264 e. The number of benzene rings is 2. The van der Waals surface area contributed by atoms with E-state index in [1.807, 2.05) is 6.07 Å². The first-order chi connectivity index (χ1) is 20.0. The minimum absolute atomic E-state index is 0.0392. The molecule has 4 fully saturated rings. The van der Waals surface area contributed by atoms with Crippen LogP contribution in [-0.2, 0) is 20.0 Å². The van der Waals surface area contributed by atoms with Crippen LogP contribution >= 0.6 is 0 Å². The number of halogens is 4. The number of carbonyl (C=O) groups excluding carboxylic acids is 3. The van der Waals surface area contributed by atoms with Crippen molar-refractivity contribution in [2.75, 3.05) is 6.54 Å². The third-order valence-corrected chi connectivity index (χ3v) is 9.17. The Bertz CT molecular complexity index is 1470. The van der Waals surface area contributed by atoms with Crippen molar-refractivity contribution < 1.29 is 37.1 Å². The highest BCUT2D eigenvalue weighted by Crippen LogP contribution is 2.54. The first-order valence-electron chi connectivity index (χ1n) is 14.0. The summed E-state index contributed by atoms with van der Waals surface area (Å²) in [6, 6.07) is 4.60. The summed E-state index contributed by atoms with van der Waals surface area (Å²) in [7, 11) is 0. The van der Waals surface area contributed by atoms with E-state index in [-0.39, 0.29) is 47.4 Å². The van der Waals surface area contributed by atoms with Crippen LogP contribution in [0.15, 0.2) is 36.4 Å². The van der Waals surface area contributed by atoms with Gasteiger partial charge in [-0.25, -0.2) is 17.6 Å². The average Bonchev–Trinajstić information content (AvgIpc) is 3.20. The Kier molecular flexibility index (Phi) is 6.76. The van der Waals surface area contributed by atoms with E-state index in [2.05, 4.69) is 10.6 Å². The molecule has 1 saturated carbocycles. The van der Waals surface area contributed by atoms with Gasteiger partial charge < -0.3 is 20.6 Å². The zero-order valence-electron chi connectivity index (χ0n) is 22.4. The van der Waals surface area contributed by atoms with E-state index in [1.165, 1.54) is 12.1 Å². The molecule has 5 aliphatic rings. The Hall–Kier alpha value is -3.98. The predicted molar refractivity (Wildman–Crippen MR) is 139 cm³/mol. The van der Waals surface area contributed by atoms with Crippen molar-refractivity contribution in [2.24, 2.45) is 11.8 Å². The number of nitriles is 1. The van der Waals surface area contributed by atoms with Gasteiger partial charge >= 0.3 is 0 Å². The van der Waals surface area contributed by atoms with Crippen LogP contribution in [0, 0.1) is 34.8 Å². The number of alkyl halides is 2. The van der Waals surface area contributed by atoms with Gasteiger partial charge in [-0.15, -0.1) is 0 Å². The van der Waals surface area contributed by atoms with Gasteiger partial charge in [0.05, 0.1) is 12.0 Å². The van der Waals surface area contributed by atoms with Gasteiger partial charge in [0.1, 0.15) is 23.7 Å². The molecule has 0 unspecified atom stereocenters. The molecule has 3 N–H and O–H groups in total. The third-order valence-electron chi connectivity index (χ3n) is 9.17. The molecule has 3 amide bonds. The third kappa shape index (κ3) is 4.33. The fourth-order valence-corrected chi connectivity index (χ4v) is 7.21. The number of nitrogens with one attached hydrogen (secondary N) is 2. The molecule has 3 heterocycles. The van der Waals surface area contributed by atoms with Crippen molar-refractivity contribution in [3.05, 3.63) is 59.2 Å². The van der Waals surface area contributed by atoms with E-state index in [0.29, 0.717) is 19.4 Å². The predicted octanol–water partition coefficient (Wildman–Crippen LogP) is 3.12. The lowest BCUT2D eigenvalue weighted by atomic mass is 9.70. The lowest BCUT2D eigenvalue weighted by Gasteiger charge is -2.54. The lowest BCUT2D eigenvalue weighted by molar-refractivity contribution is -0.201.